The SMILES string of the molecule is COCCOCCOCCn1nnc(C(=O)O)c1C(F)F. The van der Waals surface area contributed by atoms with Crippen molar-refractivity contribution in [1.29, 1.82) is 0 Å². The highest BCUT2D eigenvalue weighted by Gasteiger charge is 2.25. The fraction of sp³-hybridized carbons (Fsp3) is 0.727. The Morgan fingerprint density at radius 3 is 2.43 bits per heavy atom. The van der Waals surface area contributed by atoms with Gasteiger partial charge in [0.1, 0.15) is 5.69 Å². The van der Waals surface area contributed by atoms with Crippen LogP contribution in [-0.4, -0.2) is 66.2 Å². The first-order valence-corrected chi connectivity index (χ1v) is 6.17. The number of carboxylic acids is 1. The first-order chi connectivity index (χ1) is 10.1. The standard InChI is InChI=1S/C11H17F2N3O5/c1-19-4-5-21-7-6-20-3-2-16-9(10(12)13)8(11(17)18)14-15-16/h10H,2-7H2,1H3,(H,17,18). The van der Waals surface area contributed by atoms with Gasteiger partial charge in [-0.3, -0.25) is 0 Å². The van der Waals surface area contributed by atoms with Crippen molar-refractivity contribution in [3.8, 4) is 0 Å². The van der Waals surface area contributed by atoms with Gasteiger partial charge in [0, 0.05) is 7.11 Å². The molecule has 0 amide bonds. The van der Waals surface area contributed by atoms with Crippen molar-refractivity contribution < 1.29 is 32.9 Å². The first-order valence-electron chi connectivity index (χ1n) is 6.17. The van der Waals surface area contributed by atoms with Crippen LogP contribution in [0.1, 0.15) is 22.6 Å². The maximum absolute atomic E-state index is 12.8. The van der Waals surface area contributed by atoms with Crippen LogP contribution in [0.5, 0.6) is 0 Å². The van der Waals surface area contributed by atoms with E-state index in [0.717, 1.165) is 4.68 Å². The van der Waals surface area contributed by atoms with Crippen molar-refractivity contribution in [3.05, 3.63) is 11.4 Å². The molecular weight excluding hydrogens is 292 g/mol. The predicted octanol–water partition coefficient (Wildman–Crippen LogP) is 0.593. The molecule has 1 N–H and O–H groups in total. The molecule has 1 aromatic rings. The van der Waals surface area contributed by atoms with Crippen LogP contribution in [0.4, 0.5) is 8.78 Å². The molecule has 0 aliphatic rings. The summed E-state index contributed by atoms with van der Waals surface area (Å²) in [4.78, 5) is 10.7. The van der Waals surface area contributed by atoms with Crippen LogP contribution in [0.3, 0.4) is 0 Å². The minimum Gasteiger partial charge on any atom is -0.476 e. The summed E-state index contributed by atoms with van der Waals surface area (Å²) in [5.41, 5.74) is -1.46. The fourth-order valence-electron chi connectivity index (χ4n) is 1.47. The Morgan fingerprint density at radius 1 is 1.24 bits per heavy atom. The van der Waals surface area contributed by atoms with E-state index in [-0.39, 0.29) is 19.8 Å². The van der Waals surface area contributed by atoms with Crippen LogP contribution in [-0.2, 0) is 20.8 Å². The molecule has 120 valence electrons. The Labute approximate surface area is 119 Å². The predicted molar refractivity (Wildman–Crippen MR) is 65.5 cm³/mol. The monoisotopic (exact) mass is 309 g/mol. The highest BCUT2D eigenvalue weighted by molar-refractivity contribution is 5.86. The molecule has 0 bridgehead atoms. The van der Waals surface area contributed by atoms with Crippen molar-refractivity contribution in [3.63, 3.8) is 0 Å². The Hall–Kier alpha value is -1.65. The van der Waals surface area contributed by atoms with Gasteiger partial charge in [0.25, 0.3) is 6.43 Å². The average molecular weight is 309 g/mol. The van der Waals surface area contributed by atoms with Gasteiger partial charge >= 0.3 is 5.97 Å². The van der Waals surface area contributed by atoms with Crippen molar-refractivity contribution in [2.75, 3.05) is 40.1 Å². The number of methoxy groups -OCH3 is 1. The van der Waals surface area contributed by atoms with Crippen molar-refractivity contribution in [2.24, 2.45) is 0 Å². The molecule has 0 unspecified atom stereocenters. The molecule has 0 saturated carbocycles. The number of nitrogens with zero attached hydrogens (tertiary/aromatic N) is 3. The van der Waals surface area contributed by atoms with E-state index in [4.69, 9.17) is 19.3 Å². The van der Waals surface area contributed by atoms with Gasteiger partial charge in [0.2, 0.25) is 0 Å². The number of carboxylic acid groups (broad SMARTS) is 1. The van der Waals surface area contributed by atoms with Crippen LogP contribution in [0.15, 0.2) is 0 Å². The Bertz CT molecular complexity index is 441. The van der Waals surface area contributed by atoms with E-state index < -0.39 is 23.8 Å². The number of hydrogen-bond donors (Lipinski definition) is 1. The molecule has 0 aliphatic carbocycles. The molecule has 1 heterocycles. The molecule has 8 nitrogen and oxygen atoms in total. The van der Waals surface area contributed by atoms with E-state index in [9.17, 15) is 13.6 Å². The number of aromatic carboxylic acids is 1. The van der Waals surface area contributed by atoms with E-state index in [1.807, 2.05) is 0 Å². The van der Waals surface area contributed by atoms with Crippen LogP contribution >= 0.6 is 0 Å². The minimum atomic E-state index is -2.97. The minimum absolute atomic E-state index is 0.0158. The lowest BCUT2D eigenvalue weighted by molar-refractivity contribution is 0.0217. The normalized spacial score (nSPS) is 11.2. The van der Waals surface area contributed by atoms with Gasteiger partial charge in [0.15, 0.2) is 5.69 Å². The van der Waals surface area contributed by atoms with Gasteiger partial charge in [-0.05, 0) is 0 Å². The van der Waals surface area contributed by atoms with E-state index in [1.54, 1.807) is 7.11 Å². The van der Waals surface area contributed by atoms with E-state index >= 15 is 0 Å². The number of alkyl halides is 2. The summed E-state index contributed by atoms with van der Waals surface area (Å²) >= 11 is 0. The summed E-state index contributed by atoms with van der Waals surface area (Å²) in [6.07, 6.45) is -2.97. The molecule has 0 aromatic carbocycles. The quantitative estimate of drug-likeness (QED) is 0.598. The molecule has 0 saturated heterocycles. The van der Waals surface area contributed by atoms with Crippen LogP contribution in [0, 0.1) is 0 Å². The lowest BCUT2D eigenvalue weighted by atomic mass is 10.3. The van der Waals surface area contributed by atoms with Crippen molar-refractivity contribution >= 4 is 5.97 Å². The number of hydrogen-bond acceptors (Lipinski definition) is 6. The number of rotatable bonds is 11. The number of aromatic nitrogens is 3. The van der Waals surface area contributed by atoms with E-state index in [2.05, 4.69) is 10.3 Å². The second kappa shape index (κ2) is 9.32. The molecule has 0 radical (unpaired) electrons. The average Bonchev–Trinajstić information content (AvgIpc) is 2.86. The molecule has 0 aliphatic heterocycles. The highest BCUT2D eigenvalue weighted by Crippen LogP contribution is 2.21. The topological polar surface area (TPSA) is 95.7 Å². The largest absolute Gasteiger partial charge is 0.476 e. The second-order valence-corrected chi connectivity index (χ2v) is 3.87. The zero-order valence-electron chi connectivity index (χ0n) is 11.5. The highest BCUT2D eigenvalue weighted by atomic mass is 19.3. The lowest BCUT2D eigenvalue weighted by Gasteiger charge is -2.07. The number of carbonyl (C=O) groups is 1. The Morgan fingerprint density at radius 2 is 1.86 bits per heavy atom. The third kappa shape index (κ3) is 5.69. The number of ether oxygens (including phenoxy) is 3. The van der Waals surface area contributed by atoms with Gasteiger partial charge in [-0.2, -0.15) is 0 Å². The third-order valence-corrected chi connectivity index (χ3v) is 2.43. The van der Waals surface area contributed by atoms with E-state index in [1.165, 1.54) is 0 Å². The van der Waals surface area contributed by atoms with Gasteiger partial charge in [-0.1, -0.05) is 5.21 Å². The van der Waals surface area contributed by atoms with Gasteiger partial charge in [-0.25, -0.2) is 18.3 Å². The first kappa shape index (κ1) is 17.4. The molecule has 0 fully saturated rings. The summed E-state index contributed by atoms with van der Waals surface area (Å²) in [5.74, 6) is -1.54. The maximum Gasteiger partial charge on any atom is 0.358 e. The second-order valence-electron chi connectivity index (χ2n) is 3.87. The molecule has 10 heteroatoms. The molecular formula is C11H17F2N3O5. The molecule has 0 atom stereocenters. The summed E-state index contributed by atoms with van der Waals surface area (Å²) in [6.45, 7) is 1.64. The number of halogens is 2. The summed E-state index contributed by atoms with van der Waals surface area (Å²) in [6, 6.07) is 0. The summed E-state index contributed by atoms with van der Waals surface area (Å²) < 4.78 is 41.5. The van der Waals surface area contributed by atoms with Crippen molar-refractivity contribution in [2.45, 2.75) is 13.0 Å². The smallest absolute Gasteiger partial charge is 0.358 e. The van der Waals surface area contributed by atoms with Gasteiger partial charge < -0.3 is 19.3 Å². The van der Waals surface area contributed by atoms with Crippen molar-refractivity contribution in [1.82, 2.24) is 15.0 Å². The van der Waals surface area contributed by atoms with E-state index in [0.29, 0.717) is 19.8 Å². The summed E-state index contributed by atoms with van der Waals surface area (Å²) in [5, 5.41) is 15.4. The molecule has 0 spiro atoms. The van der Waals surface area contributed by atoms with Crippen LogP contribution in [0.25, 0.3) is 0 Å². The Kier molecular flexibility index (Phi) is 7.72. The fourth-order valence-corrected chi connectivity index (χ4v) is 1.47. The molecule has 1 rings (SSSR count). The Balaban J connectivity index is 2.34. The lowest BCUT2D eigenvalue weighted by Crippen LogP contribution is -2.15. The molecule has 1 aromatic heterocycles. The third-order valence-electron chi connectivity index (χ3n) is 2.43. The van der Waals surface area contributed by atoms with Gasteiger partial charge in [0.05, 0.1) is 39.6 Å². The van der Waals surface area contributed by atoms with Crippen LogP contribution < -0.4 is 0 Å². The van der Waals surface area contributed by atoms with Gasteiger partial charge in [-0.15, -0.1) is 5.10 Å². The summed E-state index contributed by atoms with van der Waals surface area (Å²) in [7, 11) is 1.56. The maximum atomic E-state index is 12.8. The molecule has 21 heavy (non-hydrogen) atoms. The zero-order chi connectivity index (χ0) is 15.7. The van der Waals surface area contributed by atoms with Crippen LogP contribution in [0.2, 0.25) is 0 Å². The zero-order valence-corrected chi connectivity index (χ0v) is 11.5.